The number of aromatic nitrogens is 1. The van der Waals surface area contributed by atoms with Crippen molar-refractivity contribution in [3.05, 3.63) is 58.2 Å². The van der Waals surface area contributed by atoms with E-state index in [1.54, 1.807) is 23.5 Å². The van der Waals surface area contributed by atoms with Crippen molar-refractivity contribution < 1.29 is 33.4 Å². The Balaban J connectivity index is 1.33. The summed E-state index contributed by atoms with van der Waals surface area (Å²) in [5.74, 6) is -0.772. The lowest BCUT2D eigenvalue weighted by molar-refractivity contribution is 0.0160. The number of pyridine rings is 1. The topological polar surface area (TPSA) is 145 Å². The number of methoxy groups -OCH3 is 1. The molecule has 2 bridgehead atoms. The number of benzene rings is 1. The highest BCUT2D eigenvalue weighted by molar-refractivity contribution is 7.13. The van der Waals surface area contributed by atoms with Gasteiger partial charge in [0.15, 0.2) is 5.69 Å². The van der Waals surface area contributed by atoms with E-state index in [1.165, 1.54) is 7.11 Å². The maximum atomic E-state index is 14.6. The van der Waals surface area contributed by atoms with Gasteiger partial charge in [0, 0.05) is 52.2 Å². The smallest absolute Gasteiger partial charge is 0.407 e. The van der Waals surface area contributed by atoms with Crippen LogP contribution in [0.2, 0.25) is 0 Å². The Morgan fingerprint density at radius 1 is 0.940 bits per heavy atom. The number of ether oxygens (including phenoxy) is 3. The van der Waals surface area contributed by atoms with Gasteiger partial charge in [-0.25, -0.2) is 14.6 Å². The number of nitrogens with zero attached hydrogens (tertiary/aromatic N) is 1. The van der Waals surface area contributed by atoms with Crippen LogP contribution in [0.4, 0.5) is 4.79 Å². The number of amides is 3. The van der Waals surface area contributed by atoms with Gasteiger partial charge in [-0.05, 0) is 112 Å². The average Bonchev–Trinajstić information content (AvgIpc) is 3.50. The van der Waals surface area contributed by atoms with Crippen molar-refractivity contribution in [1.82, 2.24) is 20.9 Å². The number of rotatable bonds is 9. The Kier molecular flexibility index (Phi) is 9.94. The molecule has 1 aromatic carbocycles. The quantitative estimate of drug-likeness (QED) is 0.209. The van der Waals surface area contributed by atoms with Crippen LogP contribution < -0.4 is 20.7 Å². The fourth-order valence-corrected chi connectivity index (χ4v) is 8.29. The van der Waals surface area contributed by atoms with Crippen LogP contribution in [0, 0.1) is 5.41 Å². The van der Waals surface area contributed by atoms with Gasteiger partial charge in [0.25, 0.3) is 11.8 Å². The average molecular weight is 703 g/mol. The number of carbonyl (C=O) groups is 4. The van der Waals surface area contributed by atoms with E-state index >= 15 is 0 Å². The molecule has 7 rings (SSSR count). The molecule has 3 fully saturated rings. The minimum absolute atomic E-state index is 0.0300. The Labute approximate surface area is 296 Å². The first-order chi connectivity index (χ1) is 23.8. The highest BCUT2D eigenvalue weighted by Crippen LogP contribution is 2.52. The maximum Gasteiger partial charge on any atom is 0.407 e. The third-order valence-corrected chi connectivity index (χ3v) is 11.1. The van der Waals surface area contributed by atoms with Gasteiger partial charge in [-0.15, -0.1) is 11.3 Å². The predicted octanol–water partition coefficient (Wildman–Crippen LogP) is 6.69. The predicted molar refractivity (Wildman–Crippen MR) is 191 cm³/mol. The first-order valence-electron chi connectivity index (χ1n) is 17.4. The van der Waals surface area contributed by atoms with Crippen LogP contribution in [0.25, 0.3) is 21.6 Å². The van der Waals surface area contributed by atoms with Crippen molar-refractivity contribution in [3.8, 4) is 27.3 Å². The first kappa shape index (κ1) is 35.4. The molecule has 3 aliphatic carbocycles. The molecule has 0 spiro atoms. The summed E-state index contributed by atoms with van der Waals surface area (Å²) < 4.78 is 16.8. The van der Waals surface area contributed by atoms with E-state index in [4.69, 9.17) is 14.2 Å². The molecule has 0 radical (unpaired) electrons. The fraction of sp³-hybridized carbons (Fsp3) is 0.500. The van der Waals surface area contributed by atoms with E-state index in [2.05, 4.69) is 27.0 Å². The van der Waals surface area contributed by atoms with E-state index in [9.17, 15) is 19.2 Å². The molecule has 3 aromatic rings. The third kappa shape index (κ3) is 7.35. The number of thiophene rings is 1. The standard InChI is InChI=1S/C38H46N4O7S/c1-6-17-39-33(44)28-8-7-24(30(41-28)34(45)47-5)25-21-29-27(31-23(9-18-48-29)10-19-50-31)20-26(25)32(43)42-38-14-11-37(12-15-38,13-16-38)22-40-35(46)49-36(2,3)4/h7-8,10,19-21H,6,9,11-18,22H2,1-5H3,(H,39,44)(H,40,46)(H,42,43). The Morgan fingerprint density at radius 3 is 2.36 bits per heavy atom. The van der Waals surface area contributed by atoms with E-state index in [0.29, 0.717) is 42.1 Å². The molecule has 12 heteroatoms. The SMILES string of the molecule is CCCNC(=O)c1ccc(-c2cc3c(cc2C(=O)NC24CCC(CNC(=O)OC(C)(C)C)(CC2)CC4)-c2sccc2CCO3)c(C(=O)OC)n1. The molecule has 4 aliphatic rings. The highest BCUT2D eigenvalue weighted by atomic mass is 32.1. The van der Waals surface area contributed by atoms with Crippen molar-refractivity contribution in [1.29, 1.82) is 0 Å². The molecule has 0 unspecified atom stereocenters. The molecular formula is C38H46N4O7S. The molecule has 50 heavy (non-hydrogen) atoms. The summed E-state index contributed by atoms with van der Waals surface area (Å²) in [5.41, 5.74) is 2.22. The minimum Gasteiger partial charge on any atom is -0.493 e. The molecule has 3 amide bonds. The molecule has 266 valence electrons. The third-order valence-electron chi connectivity index (χ3n) is 10.1. The van der Waals surface area contributed by atoms with Crippen molar-refractivity contribution in [2.24, 2.45) is 5.41 Å². The van der Waals surface area contributed by atoms with E-state index in [0.717, 1.165) is 67.4 Å². The Hall–Kier alpha value is -4.45. The number of nitrogens with one attached hydrogen (secondary N) is 3. The van der Waals surface area contributed by atoms with Crippen molar-refractivity contribution in [2.45, 2.75) is 90.2 Å². The van der Waals surface area contributed by atoms with E-state index < -0.39 is 29.1 Å². The van der Waals surface area contributed by atoms with Gasteiger partial charge in [0.2, 0.25) is 0 Å². The lowest BCUT2D eigenvalue weighted by atomic mass is 9.57. The van der Waals surface area contributed by atoms with Crippen LogP contribution in [0.5, 0.6) is 5.75 Å². The zero-order valence-electron chi connectivity index (χ0n) is 29.5. The number of alkyl carbamates (subject to hydrolysis) is 1. The zero-order valence-corrected chi connectivity index (χ0v) is 30.3. The summed E-state index contributed by atoms with van der Waals surface area (Å²) in [4.78, 5) is 58.4. The molecule has 3 saturated carbocycles. The first-order valence-corrected chi connectivity index (χ1v) is 18.3. The lowest BCUT2D eigenvalue weighted by Crippen LogP contribution is -2.58. The van der Waals surface area contributed by atoms with Gasteiger partial charge in [-0.2, -0.15) is 0 Å². The number of hydrogen-bond donors (Lipinski definition) is 3. The van der Waals surface area contributed by atoms with Crippen LogP contribution in [-0.4, -0.2) is 66.8 Å². The molecular weight excluding hydrogens is 657 g/mol. The van der Waals surface area contributed by atoms with Gasteiger partial charge < -0.3 is 30.2 Å². The molecule has 3 N–H and O–H groups in total. The largest absolute Gasteiger partial charge is 0.493 e. The number of hydrogen-bond acceptors (Lipinski definition) is 9. The molecule has 11 nitrogen and oxygen atoms in total. The normalized spacial score (nSPS) is 20.7. The van der Waals surface area contributed by atoms with E-state index in [1.807, 2.05) is 45.2 Å². The summed E-state index contributed by atoms with van der Waals surface area (Å²) in [5, 5.41) is 11.2. The number of fused-ring (bicyclic) bond motifs is 6. The van der Waals surface area contributed by atoms with Gasteiger partial charge in [0.05, 0.1) is 13.7 Å². The number of carbonyl (C=O) groups excluding carboxylic acids is 4. The maximum absolute atomic E-state index is 14.6. The van der Waals surface area contributed by atoms with Crippen LogP contribution in [0.15, 0.2) is 35.7 Å². The molecule has 2 aromatic heterocycles. The number of esters is 1. The zero-order chi connectivity index (χ0) is 35.7. The molecule has 3 heterocycles. The van der Waals surface area contributed by atoms with Crippen molar-refractivity contribution >= 4 is 35.2 Å². The van der Waals surface area contributed by atoms with E-state index in [-0.39, 0.29) is 22.7 Å². The fourth-order valence-electron chi connectivity index (χ4n) is 7.31. The summed E-state index contributed by atoms with van der Waals surface area (Å²) in [6.45, 7) is 8.97. The summed E-state index contributed by atoms with van der Waals surface area (Å²) in [6.07, 6.45) is 6.01. The summed E-state index contributed by atoms with van der Waals surface area (Å²) in [7, 11) is 1.26. The molecule has 0 atom stereocenters. The minimum atomic E-state index is -0.720. The van der Waals surface area contributed by atoms with Gasteiger partial charge in [0.1, 0.15) is 17.0 Å². The Morgan fingerprint density at radius 2 is 1.68 bits per heavy atom. The van der Waals surface area contributed by atoms with Gasteiger partial charge in [-0.3, -0.25) is 9.59 Å². The van der Waals surface area contributed by atoms with Gasteiger partial charge in [-0.1, -0.05) is 6.92 Å². The second kappa shape index (κ2) is 14.0. The van der Waals surface area contributed by atoms with Gasteiger partial charge >= 0.3 is 12.1 Å². The van der Waals surface area contributed by atoms with Crippen LogP contribution in [-0.2, 0) is 15.9 Å². The van der Waals surface area contributed by atoms with Crippen molar-refractivity contribution in [2.75, 3.05) is 26.8 Å². The Bertz CT molecular complexity index is 1790. The summed E-state index contributed by atoms with van der Waals surface area (Å²) >= 11 is 1.60. The lowest BCUT2D eigenvalue weighted by Gasteiger charge is -2.53. The molecule has 1 aliphatic heterocycles. The summed E-state index contributed by atoms with van der Waals surface area (Å²) in [6, 6.07) is 8.97. The highest BCUT2D eigenvalue weighted by Gasteiger charge is 2.49. The van der Waals surface area contributed by atoms with Crippen molar-refractivity contribution in [3.63, 3.8) is 0 Å². The van der Waals surface area contributed by atoms with Crippen LogP contribution >= 0.6 is 11.3 Å². The second-order valence-corrected chi connectivity index (χ2v) is 15.6. The van der Waals surface area contributed by atoms with Crippen LogP contribution in [0.1, 0.15) is 110 Å². The monoisotopic (exact) mass is 702 g/mol. The van der Waals surface area contributed by atoms with Crippen LogP contribution in [0.3, 0.4) is 0 Å². The molecule has 0 saturated heterocycles. The second-order valence-electron chi connectivity index (χ2n) is 14.7.